The number of amides is 1. The molecule has 21 heavy (non-hydrogen) atoms. The van der Waals surface area contributed by atoms with E-state index in [9.17, 15) is 4.79 Å². The standard InChI is InChI=1S/C18H25NO2/c1-2-21-16-11-9-15(10-12-16)18(20)19-13-5-7-14-6-3-4-8-17(14)19/h9-12,14,17H,2-8,13H2,1H3. The van der Waals surface area contributed by atoms with Crippen LogP contribution in [-0.2, 0) is 0 Å². The summed E-state index contributed by atoms with van der Waals surface area (Å²) in [5.41, 5.74) is 0.796. The number of carbonyl (C=O) groups is 1. The summed E-state index contributed by atoms with van der Waals surface area (Å²) in [6.45, 7) is 3.55. The molecule has 1 saturated heterocycles. The zero-order chi connectivity index (χ0) is 14.7. The van der Waals surface area contributed by atoms with Crippen LogP contribution in [0.2, 0.25) is 0 Å². The van der Waals surface area contributed by atoms with Gasteiger partial charge in [-0.3, -0.25) is 4.79 Å². The number of hydrogen-bond donors (Lipinski definition) is 0. The molecule has 0 aromatic heterocycles. The number of carbonyl (C=O) groups excluding carboxylic acids is 1. The molecular weight excluding hydrogens is 262 g/mol. The molecule has 3 rings (SSSR count). The number of nitrogens with zero attached hydrogens (tertiary/aromatic N) is 1. The molecule has 1 aliphatic carbocycles. The van der Waals surface area contributed by atoms with Gasteiger partial charge in [0.05, 0.1) is 6.61 Å². The van der Waals surface area contributed by atoms with Crippen molar-refractivity contribution in [3.63, 3.8) is 0 Å². The SMILES string of the molecule is CCOc1ccc(C(=O)N2CCCC3CCCCC32)cc1. The molecular formula is C18H25NO2. The summed E-state index contributed by atoms with van der Waals surface area (Å²) >= 11 is 0. The number of likely N-dealkylation sites (tertiary alicyclic amines) is 1. The van der Waals surface area contributed by atoms with Gasteiger partial charge in [0.25, 0.3) is 5.91 Å². The third kappa shape index (κ3) is 3.07. The van der Waals surface area contributed by atoms with Gasteiger partial charge in [0.1, 0.15) is 5.75 Å². The Morgan fingerprint density at radius 3 is 2.62 bits per heavy atom. The van der Waals surface area contributed by atoms with Crippen molar-refractivity contribution in [2.75, 3.05) is 13.2 Å². The molecule has 1 aromatic rings. The number of piperidine rings is 1. The Kier molecular flexibility index (Phi) is 4.47. The molecule has 2 fully saturated rings. The van der Waals surface area contributed by atoms with Gasteiger partial charge in [0, 0.05) is 18.2 Å². The van der Waals surface area contributed by atoms with Crippen LogP contribution in [0.1, 0.15) is 55.8 Å². The number of benzene rings is 1. The molecule has 0 spiro atoms. The fourth-order valence-electron chi connectivity index (χ4n) is 3.90. The minimum atomic E-state index is 0.203. The second kappa shape index (κ2) is 6.50. The van der Waals surface area contributed by atoms with Gasteiger partial charge in [0.15, 0.2) is 0 Å². The van der Waals surface area contributed by atoms with E-state index in [1.165, 1.54) is 32.1 Å². The van der Waals surface area contributed by atoms with Gasteiger partial charge in [-0.2, -0.15) is 0 Å². The maximum absolute atomic E-state index is 12.8. The Bertz CT molecular complexity index is 480. The Morgan fingerprint density at radius 1 is 1.14 bits per heavy atom. The molecule has 3 heteroatoms. The highest BCUT2D eigenvalue weighted by molar-refractivity contribution is 5.94. The average molecular weight is 287 g/mol. The van der Waals surface area contributed by atoms with Gasteiger partial charge in [-0.15, -0.1) is 0 Å². The van der Waals surface area contributed by atoms with Crippen molar-refractivity contribution >= 4 is 5.91 Å². The summed E-state index contributed by atoms with van der Waals surface area (Å²) in [5.74, 6) is 1.78. The zero-order valence-corrected chi connectivity index (χ0v) is 12.9. The van der Waals surface area contributed by atoms with Crippen LogP contribution in [-0.4, -0.2) is 30.0 Å². The van der Waals surface area contributed by atoms with Crippen molar-refractivity contribution < 1.29 is 9.53 Å². The molecule has 2 aliphatic rings. The Labute approximate surface area is 127 Å². The van der Waals surface area contributed by atoms with Gasteiger partial charge in [0.2, 0.25) is 0 Å². The molecule has 1 heterocycles. The van der Waals surface area contributed by atoms with E-state index in [1.807, 2.05) is 31.2 Å². The molecule has 0 radical (unpaired) electrons. The van der Waals surface area contributed by atoms with Gasteiger partial charge < -0.3 is 9.64 Å². The second-order valence-corrected chi connectivity index (χ2v) is 6.21. The highest BCUT2D eigenvalue weighted by atomic mass is 16.5. The van der Waals surface area contributed by atoms with E-state index in [4.69, 9.17) is 4.74 Å². The lowest BCUT2D eigenvalue weighted by Gasteiger charge is -2.44. The molecule has 0 bridgehead atoms. The first-order valence-corrected chi connectivity index (χ1v) is 8.33. The zero-order valence-electron chi connectivity index (χ0n) is 12.9. The monoisotopic (exact) mass is 287 g/mol. The predicted octanol–water partition coefficient (Wildman–Crippen LogP) is 3.88. The van der Waals surface area contributed by atoms with Gasteiger partial charge in [-0.1, -0.05) is 12.8 Å². The molecule has 2 atom stereocenters. The first-order chi connectivity index (χ1) is 10.3. The quantitative estimate of drug-likeness (QED) is 0.844. The molecule has 1 aromatic carbocycles. The lowest BCUT2D eigenvalue weighted by atomic mass is 9.78. The van der Waals surface area contributed by atoms with Crippen LogP contribution < -0.4 is 4.74 Å². The van der Waals surface area contributed by atoms with Crippen LogP contribution >= 0.6 is 0 Å². The molecule has 1 amide bonds. The maximum atomic E-state index is 12.8. The van der Waals surface area contributed by atoms with E-state index in [-0.39, 0.29) is 5.91 Å². The van der Waals surface area contributed by atoms with Crippen molar-refractivity contribution in [2.24, 2.45) is 5.92 Å². The molecule has 3 nitrogen and oxygen atoms in total. The molecule has 114 valence electrons. The summed E-state index contributed by atoms with van der Waals surface area (Å²) in [5, 5.41) is 0. The fraction of sp³-hybridized carbons (Fsp3) is 0.611. The number of hydrogen-bond acceptors (Lipinski definition) is 2. The number of fused-ring (bicyclic) bond motifs is 1. The smallest absolute Gasteiger partial charge is 0.254 e. The summed E-state index contributed by atoms with van der Waals surface area (Å²) in [7, 11) is 0. The van der Waals surface area contributed by atoms with Crippen molar-refractivity contribution in [1.29, 1.82) is 0 Å². The Hall–Kier alpha value is -1.51. The van der Waals surface area contributed by atoms with E-state index >= 15 is 0 Å². The lowest BCUT2D eigenvalue weighted by molar-refractivity contribution is 0.0390. The summed E-state index contributed by atoms with van der Waals surface area (Å²) in [4.78, 5) is 15.0. The summed E-state index contributed by atoms with van der Waals surface area (Å²) in [6.07, 6.45) is 7.56. The van der Waals surface area contributed by atoms with E-state index in [2.05, 4.69) is 4.90 Å². The summed E-state index contributed by atoms with van der Waals surface area (Å²) in [6, 6.07) is 8.09. The Balaban J connectivity index is 1.73. The van der Waals surface area contributed by atoms with Crippen LogP contribution in [0.25, 0.3) is 0 Å². The topological polar surface area (TPSA) is 29.5 Å². The van der Waals surface area contributed by atoms with E-state index < -0.39 is 0 Å². The van der Waals surface area contributed by atoms with Crippen LogP contribution in [0.3, 0.4) is 0 Å². The Morgan fingerprint density at radius 2 is 1.86 bits per heavy atom. The summed E-state index contributed by atoms with van der Waals surface area (Å²) < 4.78 is 5.45. The highest BCUT2D eigenvalue weighted by Gasteiger charge is 2.35. The lowest BCUT2D eigenvalue weighted by Crippen LogP contribution is -2.49. The van der Waals surface area contributed by atoms with E-state index in [0.29, 0.717) is 12.6 Å². The minimum absolute atomic E-state index is 0.203. The number of ether oxygens (including phenoxy) is 1. The maximum Gasteiger partial charge on any atom is 0.254 e. The molecule has 2 unspecified atom stereocenters. The predicted molar refractivity (Wildman–Crippen MR) is 83.6 cm³/mol. The third-order valence-corrected chi connectivity index (χ3v) is 4.92. The molecule has 1 saturated carbocycles. The van der Waals surface area contributed by atoms with Gasteiger partial charge >= 0.3 is 0 Å². The second-order valence-electron chi connectivity index (χ2n) is 6.21. The molecule has 1 aliphatic heterocycles. The van der Waals surface area contributed by atoms with Crippen molar-refractivity contribution in [3.05, 3.63) is 29.8 Å². The first-order valence-electron chi connectivity index (χ1n) is 8.33. The van der Waals surface area contributed by atoms with E-state index in [0.717, 1.165) is 30.2 Å². The van der Waals surface area contributed by atoms with Crippen molar-refractivity contribution in [2.45, 2.75) is 51.5 Å². The van der Waals surface area contributed by atoms with Crippen molar-refractivity contribution in [1.82, 2.24) is 4.90 Å². The van der Waals surface area contributed by atoms with Crippen LogP contribution in [0.4, 0.5) is 0 Å². The number of rotatable bonds is 3. The normalized spacial score (nSPS) is 25.3. The fourth-order valence-corrected chi connectivity index (χ4v) is 3.90. The average Bonchev–Trinajstić information content (AvgIpc) is 2.55. The third-order valence-electron chi connectivity index (χ3n) is 4.92. The van der Waals surface area contributed by atoms with Gasteiger partial charge in [-0.05, 0) is 62.8 Å². The van der Waals surface area contributed by atoms with E-state index in [1.54, 1.807) is 0 Å². The highest BCUT2D eigenvalue weighted by Crippen LogP contribution is 2.36. The van der Waals surface area contributed by atoms with Crippen LogP contribution in [0, 0.1) is 5.92 Å². The van der Waals surface area contributed by atoms with Crippen LogP contribution in [0.15, 0.2) is 24.3 Å². The molecule has 0 N–H and O–H groups in total. The van der Waals surface area contributed by atoms with Gasteiger partial charge in [-0.25, -0.2) is 0 Å². The van der Waals surface area contributed by atoms with Crippen LogP contribution in [0.5, 0.6) is 5.75 Å². The minimum Gasteiger partial charge on any atom is -0.494 e. The van der Waals surface area contributed by atoms with Crippen molar-refractivity contribution in [3.8, 4) is 5.75 Å². The largest absolute Gasteiger partial charge is 0.494 e. The first kappa shape index (κ1) is 14.4.